The number of hydrogen-bond acceptors (Lipinski definition) is 7. The third-order valence-corrected chi connectivity index (χ3v) is 8.04. The number of aryl methyl sites for hydroxylation is 1. The number of halogens is 1. The second kappa shape index (κ2) is 8.60. The molecule has 0 fully saturated rings. The van der Waals surface area contributed by atoms with Gasteiger partial charge in [-0.3, -0.25) is 5.32 Å². The molecule has 7 nitrogen and oxygen atoms in total. The van der Waals surface area contributed by atoms with Crippen LogP contribution in [-0.4, -0.2) is 26.5 Å². The number of thiophene rings is 1. The van der Waals surface area contributed by atoms with Crippen LogP contribution in [0.4, 0.5) is 9.93 Å². The predicted molar refractivity (Wildman–Crippen MR) is 114 cm³/mol. The molecule has 2 heterocycles. The van der Waals surface area contributed by atoms with Crippen molar-refractivity contribution in [2.75, 3.05) is 12.4 Å². The Bertz CT molecular complexity index is 1110. The van der Waals surface area contributed by atoms with Crippen molar-refractivity contribution < 1.29 is 17.9 Å². The molecule has 0 saturated heterocycles. The van der Waals surface area contributed by atoms with Crippen molar-refractivity contribution in [2.24, 2.45) is 0 Å². The fourth-order valence-corrected chi connectivity index (χ4v) is 5.77. The van der Waals surface area contributed by atoms with Crippen LogP contribution in [0.25, 0.3) is 0 Å². The molecule has 11 heteroatoms. The van der Waals surface area contributed by atoms with Crippen molar-refractivity contribution in [1.82, 2.24) is 9.71 Å². The smallest absolute Gasteiger partial charge is 0.334 e. The van der Waals surface area contributed by atoms with Crippen LogP contribution >= 0.6 is 38.6 Å². The third-order valence-electron chi connectivity index (χ3n) is 3.74. The Morgan fingerprint density at radius 1 is 1.25 bits per heavy atom. The van der Waals surface area contributed by atoms with E-state index in [0.29, 0.717) is 11.6 Å². The van der Waals surface area contributed by atoms with Crippen molar-refractivity contribution in [3.8, 4) is 5.75 Å². The van der Waals surface area contributed by atoms with E-state index in [1.165, 1.54) is 23.6 Å². The summed E-state index contributed by atoms with van der Waals surface area (Å²) in [6.07, 6.45) is 2.11. The number of sulfonamides is 1. The largest absolute Gasteiger partial charge is 0.497 e. The van der Waals surface area contributed by atoms with Crippen LogP contribution in [0.3, 0.4) is 0 Å². The van der Waals surface area contributed by atoms with E-state index in [2.05, 4.69) is 26.2 Å². The standard InChI is InChI=1S/C17H16BrN3O4S3/c1-10-7-12(25-2)4-3-11(10)8-13-5-6-15(26-13)28(23,24)21-16(22)20-17-19-9-14(18)27-17/h3-7,9H,8H2,1-2H3,(H2,19,20,21,22). The van der Waals surface area contributed by atoms with E-state index >= 15 is 0 Å². The number of carbonyl (C=O) groups excluding carboxylic acids is 1. The fourth-order valence-electron chi connectivity index (χ4n) is 2.39. The van der Waals surface area contributed by atoms with Crippen LogP contribution in [0.1, 0.15) is 16.0 Å². The summed E-state index contributed by atoms with van der Waals surface area (Å²) in [5.74, 6) is 0.776. The Kier molecular flexibility index (Phi) is 6.38. The van der Waals surface area contributed by atoms with Crippen LogP contribution in [0.5, 0.6) is 5.75 Å². The average Bonchev–Trinajstić information content (AvgIpc) is 3.25. The topological polar surface area (TPSA) is 97.4 Å². The molecule has 28 heavy (non-hydrogen) atoms. The van der Waals surface area contributed by atoms with Crippen molar-refractivity contribution in [3.05, 3.63) is 56.3 Å². The van der Waals surface area contributed by atoms with Gasteiger partial charge in [-0.1, -0.05) is 17.4 Å². The summed E-state index contributed by atoms with van der Waals surface area (Å²) in [6, 6.07) is 8.15. The van der Waals surface area contributed by atoms with Gasteiger partial charge in [-0.05, 0) is 58.2 Å². The van der Waals surface area contributed by atoms with Crippen LogP contribution in [0.2, 0.25) is 0 Å². The lowest BCUT2D eigenvalue weighted by atomic mass is 10.0. The van der Waals surface area contributed by atoms with Gasteiger partial charge in [-0.2, -0.15) is 0 Å². The number of amides is 2. The molecule has 0 aliphatic heterocycles. The molecule has 0 saturated carbocycles. The Labute approximate surface area is 179 Å². The van der Waals surface area contributed by atoms with Crippen molar-refractivity contribution in [3.63, 3.8) is 0 Å². The zero-order valence-electron chi connectivity index (χ0n) is 14.9. The van der Waals surface area contributed by atoms with Gasteiger partial charge < -0.3 is 4.74 Å². The maximum atomic E-state index is 12.4. The zero-order valence-corrected chi connectivity index (χ0v) is 18.9. The van der Waals surface area contributed by atoms with Gasteiger partial charge in [-0.15, -0.1) is 11.3 Å². The monoisotopic (exact) mass is 501 g/mol. The van der Waals surface area contributed by atoms with Gasteiger partial charge in [0.05, 0.1) is 17.1 Å². The highest BCUT2D eigenvalue weighted by Gasteiger charge is 2.21. The zero-order chi connectivity index (χ0) is 20.3. The highest BCUT2D eigenvalue weighted by molar-refractivity contribution is 9.11. The van der Waals surface area contributed by atoms with E-state index in [-0.39, 0.29) is 4.21 Å². The number of hydrogen-bond donors (Lipinski definition) is 2. The van der Waals surface area contributed by atoms with Crippen LogP contribution in [-0.2, 0) is 16.4 Å². The SMILES string of the molecule is COc1ccc(Cc2ccc(S(=O)(=O)NC(=O)Nc3ncc(Br)s3)s2)c(C)c1. The second-order valence-corrected chi connectivity index (χ2v) is 11.2. The number of urea groups is 1. The molecule has 3 rings (SSSR count). The molecular formula is C17H16BrN3O4S3. The van der Waals surface area contributed by atoms with E-state index in [0.717, 1.165) is 36.9 Å². The summed E-state index contributed by atoms with van der Waals surface area (Å²) in [7, 11) is -2.35. The number of thiazole rings is 1. The minimum absolute atomic E-state index is 0.0733. The lowest BCUT2D eigenvalue weighted by molar-refractivity contribution is 0.256. The summed E-state index contributed by atoms with van der Waals surface area (Å²) < 4.78 is 32.9. The van der Waals surface area contributed by atoms with E-state index in [4.69, 9.17) is 4.74 Å². The number of methoxy groups -OCH3 is 1. The molecule has 2 aromatic heterocycles. The molecule has 0 aliphatic rings. The van der Waals surface area contributed by atoms with Crippen molar-refractivity contribution >= 4 is 59.8 Å². The molecule has 2 N–H and O–H groups in total. The molecule has 0 spiro atoms. The van der Waals surface area contributed by atoms with Crippen molar-refractivity contribution in [2.45, 2.75) is 17.6 Å². The number of benzene rings is 1. The molecule has 148 valence electrons. The van der Waals surface area contributed by atoms with Gasteiger partial charge in [0.15, 0.2) is 5.13 Å². The fraction of sp³-hybridized carbons (Fsp3) is 0.176. The molecular weight excluding hydrogens is 486 g/mol. The van der Waals surface area contributed by atoms with E-state index < -0.39 is 16.1 Å². The molecule has 0 radical (unpaired) electrons. The number of aromatic nitrogens is 1. The minimum Gasteiger partial charge on any atom is -0.497 e. The van der Waals surface area contributed by atoms with E-state index in [9.17, 15) is 13.2 Å². The lowest BCUT2D eigenvalue weighted by Gasteiger charge is -2.07. The Balaban J connectivity index is 1.68. The minimum atomic E-state index is -3.96. The quantitative estimate of drug-likeness (QED) is 0.521. The second-order valence-electron chi connectivity index (χ2n) is 5.72. The van der Waals surface area contributed by atoms with Gasteiger partial charge in [-0.25, -0.2) is 22.9 Å². The Morgan fingerprint density at radius 3 is 2.68 bits per heavy atom. The first-order valence-electron chi connectivity index (χ1n) is 7.94. The summed E-state index contributed by atoms with van der Waals surface area (Å²) in [4.78, 5) is 16.8. The normalized spacial score (nSPS) is 11.2. The van der Waals surface area contributed by atoms with Gasteiger partial charge in [0.2, 0.25) is 0 Å². The molecule has 0 unspecified atom stereocenters. The van der Waals surface area contributed by atoms with Crippen molar-refractivity contribution in [1.29, 1.82) is 0 Å². The summed E-state index contributed by atoms with van der Waals surface area (Å²) in [6.45, 7) is 1.98. The molecule has 1 aromatic carbocycles. The van der Waals surface area contributed by atoms with E-state index in [1.54, 1.807) is 13.2 Å². The Morgan fingerprint density at radius 2 is 2.04 bits per heavy atom. The first-order valence-corrected chi connectivity index (χ1v) is 11.8. The number of ether oxygens (including phenoxy) is 1. The number of rotatable bonds is 6. The summed E-state index contributed by atoms with van der Waals surface area (Å²) >= 11 is 5.53. The maximum Gasteiger partial charge on any atom is 0.334 e. The molecule has 3 aromatic rings. The number of anilines is 1. The highest BCUT2D eigenvalue weighted by Crippen LogP contribution is 2.27. The van der Waals surface area contributed by atoms with Gasteiger partial charge in [0.25, 0.3) is 10.0 Å². The number of nitrogens with zero attached hydrogens (tertiary/aromatic N) is 1. The van der Waals surface area contributed by atoms with E-state index in [1.807, 2.05) is 29.8 Å². The highest BCUT2D eigenvalue weighted by atomic mass is 79.9. The molecule has 2 amide bonds. The van der Waals surface area contributed by atoms with Gasteiger partial charge >= 0.3 is 6.03 Å². The van der Waals surface area contributed by atoms with Crippen LogP contribution in [0, 0.1) is 6.92 Å². The van der Waals surface area contributed by atoms with Crippen LogP contribution < -0.4 is 14.8 Å². The lowest BCUT2D eigenvalue weighted by Crippen LogP contribution is -2.33. The number of nitrogens with one attached hydrogen (secondary N) is 2. The van der Waals surface area contributed by atoms with Gasteiger partial charge in [0.1, 0.15) is 9.96 Å². The number of carbonyl (C=O) groups is 1. The Hall–Kier alpha value is -1.95. The third kappa shape index (κ3) is 5.10. The summed E-state index contributed by atoms with van der Waals surface area (Å²) in [5, 5.41) is 2.69. The molecule has 0 bridgehead atoms. The maximum absolute atomic E-state index is 12.4. The summed E-state index contributed by atoms with van der Waals surface area (Å²) in [5.41, 5.74) is 2.14. The molecule has 0 atom stereocenters. The average molecular weight is 502 g/mol. The first kappa shape index (κ1) is 20.8. The van der Waals surface area contributed by atoms with Gasteiger partial charge in [0, 0.05) is 11.3 Å². The molecule has 0 aliphatic carbocycles. The predicted octanol–water partition coefficient (Wildman–Crippen LogP) is 4.39. The van der Waals surface area contributed by atoms with Crippen LogP contribution in [0.15, 0.2) is 44.5 Å². The first-order chi connectivity index (χ1) is 13.3.